The van der Waals surface area contributed by atoms with E-state index in [1.165, 1.54) is 12.8 Å². The van der Waals surface area contributed by atoms with Gasteiger partial charge in [0.1, 0.15) is 0 Å². The lowest BCUT2D eigenvalue weighted by molar-refractivity contribution is 0.393. The molecule has 2 aliphatic carbocycles. The maximum atomic E-state index is 6.07. The van der Waals surface area contributed by atoms with Gasteiger partial charge < -0.3 is 0 Å². The van der Waals surface area contributed by atoms with Gasteiger partial charge in [0.15, 0.2) is 0 Å². The molecule has 0 saturated heterocycles. The van der Waals surface area contributed by atoms with Gasteiger partial charge in [0.05, 0.1) is 0 Å². The first-order valence-electron chi connectivity index (χ1n) is 4.71. The Morgan fingerprint density at radius 3 is 2.15 bits per heavy atom. The third-order valence-corrected chi connectivity index (χ3v) is 7.71. The molecule has 4 atom stereocenters. The van der Waals surface area contributed by atoms with Crippen LogP contribution in [0.25, 0.3) is 0 Å². The van der Waals surface area contributed by atoms with Crippen LogP contribution < -0.4 is 0 Å². The van der Waals surface area contributed by atoms with Crippen LogP contribution in [0, 0.1) is 17.8 Å². The second-order valence-electron chi connectivity index (χ2n) is 4.27. The first-order chi connectivity index (χ1) is 6.02. The molecule has 0 nitrogen and oxygen atoms in total. The molecule has 13 heavy (non-hydrogen) atoms. The highest BCUT2D eigenvalue weighted by atomic mass is 35.8. The number of allylic oxidation sites excluding steroid dienone is 1. The predicted molar refractivity (Wildman–Crippen MR) is 61.6 cm³/mol. The Bertz CT molecular complexity index is 223. The van der Waals surface area contributed by atoms with Crippen molar-refractivity contribution in [2.75, 3.05) is 0 Å². The van der Waals surface area contributed by atoms with E-state index >= 15 is 0 Å². The van der Waals surface area contributed by atoms with E-state index < -0.39 is 6.00 Å². The maximum absolute atomic E-state index is 6.07. The highest BCUT2D eigenvalue weighted by Crippen LogP contribution is 2.60. The van der Waals surface area contributed by atoms with Gasteiger partial charge in [-0.15, -0.1) is 39.8 Å². The largest absolute Gasteiger partial charge is 0.344 e. The molecule has 0 radical (unpaired) electrons. The molecule has 2 aliphatic rings. The Morgan fingerprint density at radius 1 is 1.08 bits per heavy atom. The zero-order valence-electron chi connectivity index (χ0n) is 7.35. The van der Waals surface area contributed by atoms with Crippen LogP contribution >= 0.6 is 33.2 Å². The Hall–Kier alpha value is 0.827. The molecule has 0 amide bonds. The summed E-state index contributed by atoms with van der Waals surface area (Å²) in [5, 5.41) is 0. The molecule has 0 heterocycles. The van der Waals surface area contributed by atoms with Crippen molar-refractivity contribution in [3.05, 3.63) is 12.7 Å². The average Bonchev–Trinajstić information content (AvgIpc) is 2.59. The number of fused-ring (bicyclic) bond motifs is 2. The molecule has 74 valence electrons. The minimum absolute atomic E-state index is 0.415. The van der Waals surface area contributed by atoms with Gasteiger partial charge in [-0.3, -0.25) is 0 Å². The average molecular weight is 256 g/mol. The van der Waals surface area contributed by atoms with E-state index in [2.05, 4.69) is 12.7 Å². The molecule has 0 aliphatic heterocycles. The fourth-order valence-electron chi connectivity index (χ4n) is 3.01. The highest BCUT2D eigenvalue weighted by molar-refractivity contribution is 7.65. The number of halogens is 3. The smallest absolute Gasteiger partial charge is 0.126 e. The molecular weight excluding hydrogens is 243 g/mol. The lowest BCUT2D eigenvalue weighted by atomic mass is 9.89. The van der Waals surface area contributed by atoms with Crippen molar-refractivity contribution in [2.45, 2.75) is 24.8 Å². The quantitative estimate of drug-likeness (QED) is 0.393. The first-order valence-corrected chi connectivity index (χ1v) is 9.83. The minimum atomic E-state index is -2.44. The number of rotatable bonds is 2. The molecule has 2 bridgehead atoms. The van der Waals surface area contributed by atoms with Gasteiger partial charge in [-0.25, -0.2) is 0 Å². The zero-order valence-corrected chi connectivity index (χ0v) is 10.6. The van der Waals surface area contributed by atoms with Gasteiger partial charge in [0.25, 0.3) is 0 Å². The Morgan fingerprint density at radius 2 is 1.77 bits per heavy atom. The summed E-state index contributed by atoms with van der Waals surface area (Å²) < 4.78 is 0. The second kappa shape index (κ2) is 3.44. The summed E-state index contributed by atoms with van der Waals surface area (Å²) in [7, 11) is 0. The van der Waals surface area contributed by atoms with Gasteiger partial charge in [-0.1, -0.05) is 6.08 Å². The molecule has 2 rings (SSSR count). The van der Waals surface area contributed by atoms with E-state index in [0.29, 0.717) is 17.4 Å². The summed E-state index contributed by atoms with van der Waals surface area (Å²) in [6.45, 7) is 3.86. The summed E-state index contributed by atoms with van der Waals surface area (Å²) in [5.74, 6) is 2.13. The summed E-state index contributed by atoms with van der Waals surface area (Å²) in [6.07, 6.45) is 5.69. The lowest BCUT2D eigenvalue weighted by Crippen LogP contribution is -2.26. The molecular formula is C9H13Cl3Si. The normalized spacial score (nSPS) is 43.9. The van der Waals surface area contributed by atoms with Crippen LogP contribution in [0.5, 0.6) is 0 Å². The van der Waals surface area contributed by atoms with Crippen LogP contribution in [-0.2, 0) is 0 Å². The zero-order chi connectivity index (χ0) is 9.64. The van der Waals surface area contributed by atoms with E-state index in [0.717, 1.165) is 12.3 Å². The number of hydrogen-bond donors (Lipinski definition) is 0. The van der Waals surface area contributed by atoms with Crippen LogP contribution in [0.2, 0.25) is 5.54 Å². The third-order valence-electron chi connectivity index (χ3n) is 3.63. The fourth-order valence-corrected chi connectivity index (χ4v) is 6.79. The number of hydrogen-bond acceptors (Lipinski definition) is 0. The second-order valence-corrected chi connectivity index (χ2v) is 13.2. The van der Waals surface area contributed by atoms with Gasteiger partial charge in [-0.2, -0.15) is 0 Å². The summed E-state index contributed by atoms with van der Waals surface area (Å²) in [5.41, 5.74) is 0.415. The predicted octanol–water partition coefficient (Wildman–Crippen LogP) is 4.24. The Kier molecular flexibility index (Phi) is 2.74. The molecule has 4 heteroatoms. The van der Waals surface area contributed by atoms with Gasteiger partial charge >= 0.3 is 6.00 Å². The highest BCUT2D eigenvalue weighted by Gasteiger charge is 2.53. The van der Waals surface area contributed by atoms with Crippen molar-refractivity contribution in [3.63, 3.8) is 0 Å². The van der Waals surface area contributed by atoms with E-state index in [4.69, 9.17) is 33.2 Å². The van der Waals surface area contributed by atoms with Crippen LogP contribution in [0.1, 0.15) is 19.3 Å². The van der Waals surface area contributed by atoms with Crippen molar-refractivity contribution in [1.29, 1.82) is 0 Å². The topological polar surface area (TPSA) is 0 Å². The monoisotopic (exact) mass is 254 g/mol. The molecule has 4 unspecified atom stereocenters. The van der Waals surface area contributed by atoms with Crippen molar-refractivity contribution in [2.24, 2.45) is 17.8 Å². The van der Waals surface area contributed by atoms with Gasteiger partial charge in [-0.05, 0) is 42.6 Å². The van der Waals surface area contributed by atoms with E-state index in [1.54, 1.807) is 0 Å². The summed E-state index contributed by atoms with van der Waals surface area (Å²) in [6, 6.07) is -2.44. The van der Waals surface area contributed by atoms with Crippen molar-refractivity contribution in [1.82, 2.24) is 0 Å². The minimum Gasteiger partial charge on any atom is -0.126 e. The van der Waals surface area contributed by atoms with E-state index in [1.807, 2.05) is 0 Å². The van der Waals surface area contributed by atoms with Crippen LogP contribution in [0.4, 0.5) is 0 Å². The molecule has 0 aromatic rings. The molecule has 0 aromatic carbocycles. The fraction of sp³-hybridized carbons (Fsp3) is 0.778. The first kappa shape index (κ1) is 10.3. The SMILES string of the molecule is C=CC1CC2CC1CC2[Si](Cl)(Cl)Cl. The molecule has 2 saturated carbocycles. The van der Waals surface area contributed by atoms with Crippen molar-refractivity contribution < 1.29 is 0 Å². The van der Waals surface area contributed by atoms with Crippen molar-refractivity contribution in [3.8, 4) is 0 Å². The Balaban J connectivity index is 2.07. The maximum Gasteiger partial charge on any atom is 0.344 e. The molecule has 0 N–H and O–H groups in total. The molecule has 0 spiro atoms. The lowest BCUT2D eigenvalue weighted by Gasteiger charge is -2.29. The van der Waals surface area contributed by atoms with E-state index in [-0.39, 0.29) is 0 Å². The summed E-state index contributed by atoms with van der Waals surface area (Å²) >= 11 is 18.2. The molecule has 2 fully saturated rings. The van der Waals surface area contributed by atoms with Gasteiger partial charge in [0.2, 0.25) is 0 Å². The summed E-state index contributed by atoms with van der Waals surface area (Å²) in [4.78, 5) is 0. The standard InChI is InChI=1S/C9H13Cl3Si/c1-2-6-3-8-4-7(6)5-9(8)13(10,11)12/h2,6-9H,1,3-5H2. The van der Waals surface area contributed by atoms with Gasteiger partial charge in [0, 0.05) is 0 Å². The Labute approximate surface area is 94.4 Å². The van der Waals surface area contributed by atoms with Crippen LogP contribution in [0.3, 0.4) is 0 Å². The van der Waals surface area contributed by atoms with Crippen LogP contribution in [-0.4, -0.2) is 6.00 Å². The molecule has 0 aromatic heterocycles. The van der Waals surface area contributed by atoms with Crippen molar-refractivity contribution >= 4 is 39.2 Å². The van der Waals surface area contributed by atoms with Crippen LogP contribution in [0.15, 0.2) is 12.7 Å². The van der Waals surface area contributed by atoms with E-state index in [9.17, 15) is 0 Å². The third kappa shape index (κ3) is 1.81.